The summed E-state index contributed by atoms with van der Waals surface area (Å²) < 4.78 is 22.5. The molecule has 2 heterocycles. The van der Waals surface area contributed by atoms with E-state index in [0.29, 0.717) is 41.3 Å². The van der Waals surface area contributed by atoms with Crippen LogP contribution >= 0.6 is 0 Å². The summed E-state index contributed by atoms with van der Waals surface area (Å²) in [5, 5.41) is 0. The summed E-state index contributed by atoms with van der Waals surface area (Å²) in [6, 6.07) is 9.74. The van der Waals surface area contributed by atoms with Gasteiger partial charge in [0.25, 0.3) is 0 Å². The maximum absolute atomic E-state index is 12.9. The molecule has 1 aliphatic carbocycles. The molecule has 0 spiro atoms. The smallest absolute Gasteiger partial charge is 0.231 e. The van der Waals surface area contributed by atoms with E-state index in [1.165, 1.54) is 12.8 Å². The van der Waals surface area contributed by atoms with Crippen LogP contribution in [-0.4, -0.2) is 37.7 Å². The van der Waals surface area contributed by atoms with E-state index in [9.17, 15) is 4.79 Å². The van der Waals surface area contributed by atoms with Crippen LogP contribution < -0.4 is 18.9 Å². The summed E-state index contributed by atoms with van der Waals surface area (Å²) >= 11 is 0. The Bertz CT molecular complexity index is 993. The summed E-state index contributed by atoms with van der Waals surface area (Å²) in [7, 11) is 3.17. The number of allylic oxidation sites excluding steroid dienone is 1. The SMILES string of the molecule is COc1ccc(/C=C2\Oc3c(ccc4c3CN(C3CC3)CO4)C2=O)cc1OC. The topological polar surface area (TPSA) is 57.2 Å². The zero-order valence-corrected chi connectivity index (χ0v) is 15.9. The number of carbonyl (C=O) groups is 1. The number of Topliss-reactive ketones (excluding diaryl/α,β-unsaturated/α-hetero) is 1. The number of hydrogen-bond donors (Lipinski definition) is 0. The minimum Gasteiger partial charge on any atom is -0.493 e. The molecule has 0 radical (unpaired) electrons. The van der Waals surface area contributed by atoms with E-state index < -0.39 is 0 Å². The normalized spacial score (nSPS) is 19.6. The highest BCUT2D eigenvalue weighted by molar-refractivity contribution is 6.15. The van der Waals surface area contributed by atoms with Crippen LogP contribution in [0.2, 0.25) is 0 Å². The molecule has 0 aromatic heterocycles. The van der Waals surface area contributed by atoms with Gasteiger partial charge in [-0.05, 0) is 48.7 Å². The molecule has 6 nitrogen and oxygen atoms in total. The van der Waals surface area contributed by atoms with Crippen LogP contribution in [0.1, 0.15) is 34.3 Å². The lowest BCUT2D eigenvalue weighted by atomic mass is 10.0. The molecule has 2 aromatic carbocycles. The fourth-order valence-electron chi connectivity index (χ4n) is 3.74. The minimum absolute atomic E-state index is 0.115. The summed E-state index contributed by atoms with van der Waals surface area (Å²) in [5.74, 6) is 2.86. The number of ether oxygens (including phenoxy) is 4. The second kappa shape index (κ2) is 6.56. The summed E-state index contributed by atoms with van der Waals surface area (Å²) in [6.45, 7) is 1.35. The Morgan fingerprint density at radius 1 is 1.11 bits per heavy atom. The van der Waals surface area contributed by atoms with Gasteiger partial charge in [0.15, 0.2) is 17.3 Å². The zero-order valence-electron chi connectivity index (χ0n) is 15.9. The number of methoxy groups -OCH3 is 2. The van der Waals surface area contributed by atoms with Crippen LogP contribution in [0, 0.1) is 0 Å². The van der Waals surface area contributed by atoms with Crippen LogP contribution in [0.15, 0.2) is 36.1 Å². The Kier molecular flexibility index (Phi) is 4.02. The average Bonchev–Trinajstić information content (AvgIpc) is 3.53. The van der Waals surface area contributed by atoms with Crippen LogP contribution in [0.25, 0.3) is 6.08 Å². The molecule has 0 N–H and O–H groups in total. The Hall–Kier alpha value is -2.99. The van der Waals surface area contributed by atoms with Crippen LogP contribution in [-0.2, 0) is 6.54 Å². The monoisotopic (exact) mass is 379 g/mol. The number of rotatable bonds is 4. The van der Waals surface area contributed by atoms with Gasteiger partial charge in [-0.3, -0.25) is 9.69 Å². The molecule has 1 fully saturated rings. The first-order valence-electron chi connectivity index (χ1n) is 9.37. The summed E-state index contributed by atoms with van der Waals surface area (Å²) in [4.78, 5) is 15.2. The lowest BCUT2D eigenvalue weighted by Crippen LogP contribution is -2.33. The van der Waals surface area contributed by atoms with Gasteiger partial charge in [0.2, 0.25) is 5.78 Å². The van der Waals surface area contributed by atoms with E-state index in [1.54, 1.807) is 32.4 Å². The van der Waals surface area contributed by atoms with Gasteiger partial charge in [-0.2, -0.15) is 0 Å². The number of hydrogen-bond acceptors (Lipinski definition) is 6. The van der Waals surface area contributed by atoms with Crippen molar-refractivity contribution in [1.29, 1.82) is 0 Å². The number of ketones is 1. The molecule has 6 heteroatoms. The van der Waals surface area contributed by atoms with Crippen molar-refractivity contribution in [2.75, 3.05) is 21.0 Å². The van der Waals surface area contributed by atoms with Gasteiger partial charge >= 0.3 is 0 Å². The third-order valence-corrected chi connectivity index (χ3v) is 5.41. The van der Waals surface area contributed by atoms with E-state index in [1.807, 2.05) is 18.2 Å². The van der Waals surface area contributed by atoms with Crippen molar-refractivity contribution in [2.45, 2.75) is 25.4 Å². The lowest BCUT2D eigenvalue weighted by molar-refractivity contribution is 0.0868. The molecule has 3 aliphatic rings. The van der Waals surface area contributed by atoms with Crippen LogP contribution in [0.4, 0.5) is 0 Å². The Balaban J connectivity index is 1.48. The highest BCUT2D eigenvalue weighted by atomic mass is 16.5. The second-order valence-electron chi connectivity index (χ2n) is 7.22. The standard InChI is InChI=1S/C22H21NO5/c1-25-18-7-3-13(9-19(18)26-2)10-20-21(24)15-6-8-17-16(22(15)28-20)11-23(12-27-17)14-4-5-14/h3,6-10,14H,4-5,11-12H2,1-2H3/b20-10-. The van der Waals surface area contributed by atoms with Gasteiger partial charge in [0, 0.05) is 12.6 Å². The zero-order chi connectivity index (χ0) is 19.3. The molecule has 0 atom stereocenters. The fraction of sp³-hybridized carbons (Fsp3) is 0.318. The maximum atomic E-state index is 12.9. The van der Waals surface area contributed by atoms with Gasteiger partial charge in [-0.1, -0.05) is 6.07 Å². The van der Waals surface area contributed by atoms with Crippen molar-refractivity contribution in [3.8, 4) is 23.0 Å². The van der Waals surface area contributed by atoms with E-state index >= 15 is 0 Å². The summed E-state index contributed by atoms with van der Waals surface area (Å²) in [5.41, 5.74) is 2.35. The molecule has 0 bridgehead atoms. The van der Waals surface area contributed by atoms with Crippen molar-refractivity contribution in [3.63, 3.8) is 0 Å². The van der Waals surface area contributed by atoms with Gasteiger partial charge in [-0.15, -0.1) is 0 Å². The second-order valence-corrected chi connectivity index (χ2v) is 7.22. The van der Waals surface area contributed by atoms with E-state index in [4.69, 9.17) is 18.9 Å². The van der Waals surface area contributed by atoms with Crippen LogP contribution in [0.3, 0.4) is 0 Å². The quantitative estimate of drug-likeness (QED) is 0.756. The first-order valence-corrected chi connectivity index (χ1v) is 9.37. The third-order valence-electron chi connectivity index (χ3n) is 5.41. The predicted molar refractivity (Wildman–Crippen MR) is 103 cm³/mol. The largest absolute Gasteiger partial charge is 0.493 e. The Labute approximate surface area is 163 Å². The first kappa shape index (κ1) is 17.1. The highest BCUT2D eigenvalue weighted by Gasteiger charge is 2.37. The molecule has 2 aliphatic heterocycles. The molecule has 1 saturated carbocycles. The molecule has 28 heavy (non-hydrogen) atoms. The first-order chi connectivity index (χ1) is 13.7. The minimum atomic E-state index is -0.115. The van der Waals surface area contributed by atoms with E-state index in [2.05, 4.69) is 4.90 Å². The van der Waals surface area contributed by atoms with Crippen molar-refractivity contribution < 1.29 is 23.7 Å². The number of fused-ring (bicyclic) bond motifs is 3. The van der Waals surface area contributed by atoms with Crippen molar-refractivity contribution in [1.82, 2.24) is 4.90 Å². The Morgan fingerprint density at radius 3 is 2.68 bits per heavy atom. The van der Waals surface area contributed by atoms with Crippen molar-refractivity contribution in [3.05, 3.63) is 52.8 Å². The van der Waals surface area contributed by atoms with Gasteiger partial charge in [0.05, 0.1) is 25.3 Å². The number of carbonyl (C=O) groups excluding carboxylic acids is 1. The third kappa shape index (κ3) is 2.81. The van der Waals surface area contributed by atoms with Crippen LogP contribution in [0.5, 0.6) is 23.0 Å². The van der Waals surface area contributed by atoms with E-state index in [0.717, 1.165) is 23.4 Å². The highest BCUT2D eigenvalue weighted by Crippen LogP contribution is 2.44. The fourth-order valence-corrected chi connectivity index (χ4v) is 3.74. The van der Waals surface area contributed by atoms with E-state index in [-0.39, 0.29) is 5.78 Å². The molecule has 5 rings (SSSR count). The van der Waals surface area contributed by atoms with Crippen molar-refractivity contribution in [2.24, 2.45) is 0 Å². The number of benzene rings is 2. The summed E-state index contributed by atoms with van der Waals surface area (Å²) in [6.07, 6.45) is 4.15. The molecule has 0 amide bonds. The molecule has 0 saturated heterocycles. The maximum Gasteiger partial charge on any atom is 0.231 e. The predicted octanol–water partition coefficient (Wildman–Crippen LogP) is 3.63. The van der Waals surface area contributed by atoms with Gasteiger partial charge < -0.3 is 18.9 Å². The number of nitrogens with zero attached hydrogens (tertiary/aromatic N) is 1. The van der Waals surface area contributed by atoms with Crippen molar-refractivity contribution >= 4 is 11.9 Å². The average molecular weight is 379 g/mol. The molecule has 0 unspecified atom stereocenters. The Morgan fingerprint density at radius 2 is 1.93 bits per heavy atom. The van der Waals surface area contributed by atoms with Gasteiger partial charge in [0.1, 0.15) is 18.2 Å². The molecule has 144 valence electrons. The van der Waals surface area contributed by atoms with Gasteiger partial charge in [-0.25, -0.2) is 0 Å². The molecule has 2 aromatic rings. The molecular weight excluding hydrogens is 358 g/mol. The lowest BCUT2D eigenvalue weighted by Gasteiger charge is -2.29. The molecular formula is C22H21NO5.